The molecule has 1 aliphatic rings. The average molecular weight is 371 g/mol. The zero-order chi connectivity index (χ0) is 19.1. The Hall–Kier alpha value is -2.64. The van der Waals surface area contributed by atoms with E-state index in [-0.39, 0.29) is 0 Å². The fraction of sp³-hybridized carbons (Fsp3) is 0.579. The molecule has 27 heavy (non-hydrogen) atoms. The summed E-state index contributed by atoms with van der Waals surface area (Å²) in [6.07, 6.45) is 2.88. The van der Waals surface area contributed by atoms with E-state index in [1.54, 1.807) is 0 Å². The summed E-state index contributed by atoms with van der Waals surface area (Å²) in [6.45, 7) is 12.5. The van der Waals surface area contributed by atoms with Crippen molar-refractivity contribution < 1.29 is 0 Å². The van der Waals surface area contributed by atoms with Crippen molar-refractivity contribution in [3.05, 3.63) is 24.4 Å². The molecule has 0 atom stereocenters. The van der Waals surface area contributed by atoms with Crippen LogP contribution in [0.1, 0.15) is 27.2 Å². The largest absolute Gasteiger partial charge is 0.354 e. The van der Waals surface area contributed by atoms with Crippen LogP contribution in [0.25, 0.3) is 0 Å². The van der Waals surface area contributed by atoms with Crippen molar-refractivity contribution >= 4 is 23.7 Å². The van der Waals surface area contributed by atoms with Crippen LogP contribution in [0.3, 0.4) is 0 Å². The first kappa shape index (κ1) is 19.1. The number of anilines is 4. The normalized spacial score (nSPS) is 14.3. The topological polar surface area (TPSA) is 73.3 Å². The number of pyridine rings is 1. The number of rotatable bonds is 8. The average Bonchev–Trinajstić information content (AvgIpc) is 2.74. The van der Waals surface area contributed by atoms with Gasteiger partial charge in [0.15, 0.2) is 0 Å². The molecule has 0 amide bonds. The highest BCUT2D eigenvalue weighted by molar-refractivity contribution is 5.47. The van der Waals surface area contributed by atoms with Crippen molar-refractivity contribution in [2.24, 2.45) is 0 Å². The predicted molar refractivity (Wildman–Crippen MR) is 111 cm³/mol. The van der Waals surface area contributed by atoms with Gasteiger partial charge >= 0.3 is 0 Å². The molecular weight excluding hydrogens is 340 g/mol. The van der Waals surface area contributed by atoms with Crippen molar-refractivity contribution in [3.63, 3.8) is 0 Å². The van der Waals surface area contributed by atoms with E-state index < -0.39 is 0 Å². The molecule has 3 rings (SSSR count). The minimum Gasteiger partial charge on any atom is -0.354 e. The fourth-order valence-electron chi connectivity index (χ4n) is 3.14. The van der Waals surface area contributed by atoms with Gasteiger partial charge < -0.3 is 20.0 Å². The van der Waals surface area contributed by atoms with Crippen molar-refractivity contribution in [1.29, 1.82) is 0 Å². The second-order valence-corrected chi connectivity index (χ2v) is 6.52. The summed E-state index contributed by atoms with van der Waals surface area (Å²) in [5.41, 5.74) is 0. The van der Waals surface area contributed by atoms with Gasteiger partial charge in [0.25, 0.3) is 0 Å². The van der Waals surface area contributed by atoms with Crippen LogP contribution < -0.4 is 20.0 Å². The second-order valence-electron chi connectivity index (χ2n) is 6.52. The summed E-state index contributed by atoms with van der Waals surface area (Å²) < 4.78 is 0. The molecule has 0 aromatic carbocycles. The molecule has 2 aromatic rings. The van der Waals surface area contributed by atoms with E-state index in [0.717, 1.165) is 69.9 Å². The van der Waals surface area contributed by atoms with Gasteiger partial charge in [-0.25, -0.2) is 4.98 Å². The number of piperazine rings is 1. The molecule has 1 fully saturated rings. The Bertz CT molecular complexity index is 696. The van der Waals surface area contributed by atoms with Gasteiger partial charge in [-0.15, -0.1) is 0 Å². The molecule has 1 aliphatic heterocycles. The third kappa shape index (κ3) is 4.75. The number of hydrogen-bond acceptors (Lipinski definition) is 8. The lowest BCUT2D eigenvalue weighted by Gasteiger charge is -2.35. The third-order valence-corrected chi connectivity index (χ3v) is 4.73. The van der Waals surface area contributed by atoms with Crippen LogP contribution in [-0.4, -0.2) is 65.7 Å². The minimum atomic E-state index is 0.663. The highest BCUT2D eigenvalue weighted by atomic mass is 15.4. The molecule has 1 saturated heterocycles. The summed E-state index contributed by atoms with van der Waals surface area (Å²) >= 11 is 0. The Morgan fingerprint density at radius 1 is 0.963 bits per heavy atom. The molecular formula is C19H30N8. The Labute approximate surface area is 161 Å². The molecule has 1 N–H and O–H groups in total. The van der Waals surface area contributed by atoms with Crippen molar-refractivity contribution in [1.82, 2.24) is 19.9 Å². The summed E-state index contributed by atoms with van der Waals surface area (Å²) in [7, 11) is 0. The maximum atomic E-state index is 4.76. The fourth-order valence-corrected chi connectivity index (χ4v) is 3.14. The lowest BCUT2D eigenvalue weighted by Crippen LogP contribution is -2.47. The van der Waals surface area contributed by atoms with E-state index in [9.17, 15) is 0 Å². The lowest BCUT2D eigenvalue weighted by molar-refractivity contribution is 0.632. The first-order chi connectivity index (χ1) is 13.2. The van der Waals surface area contributed by atoms with Gasteiger partial charge in [0.2, 0.25) is 17.8 Å². The molecule has 0 spiro atoms. The number of nitrogens with one attached hydrogen (secondary N) is 1. The van der Waals surface area contributed by atoms with E-state index in [2.05, 4.69) is 61.8 Å². The Kier molecular flexibility index (Phi) is 6.62. The standard InChI is InChI=1S/C19H30N8/c1-4-10-21-17-22-18(25(5-2)6-3)24-19(23-17)27-14-12-26(13-15-27)16-9-7-8-11-20-16/h7-9,11H,4-6,10,12-15H2,1-3H3,(H,21,22,23,24). The highest BCUT2D eigenvalue weighted by Crippen LogP contribution is 2.20. The van der Waals surface area contributed by atoms with Crippen molar-refractivity contribution in [2.75, 3.05) is 65.8 Å². The van der Waals surface area contributed by atoms with Crippen LogP contribution in [-0.2, 0) is 0 Å². The van der Waals surface area contributed by atoms with Gasteiger partial charge in [0, 0.05) is 52.0 Å². The first-order valence-corrected chi connectivity index (χ1v) is 9.91. The van der Waals surface area contributed by atoms with Crippen LogP contribution in [0.15, 0.2) is 24.4 Å². The number of aromatic nitrogens is 4. The maximum absolute atomic E-state index is 4.76. The van der Waals surface area contributed by atoms with E-state index in [1.165, 1.54) is 0 Å². The van der Waals surface area contributed by atoms with Gasteiger partial charge in [-0.2, -0.15) is 15.0 Å². The lowest BCUT2D eigenvalue weighted by atomic mass is 10.3. The van der Waals surface area contributed by atoms with E-state index >= 15 is 0 Å². The molecule has 8 nitrogen and oxygen atoms in total. The van der Waals surface area contributed by atoms with E-state index in [4.69, 9.17) is 4.98 Å². The Balaban J connectivity index is 1.76. The SMILES string of the molecule is CCCNc1nc(N(CC)CC)nc(N2CCN(c3ccccn3)CC2)n1. The summed E-state index contributed by atoms with van der Waals surface area (Å²) in [5, 5.41) is 3.32. The van der Waals surface area contributed by atoms with Gasteiger partial charge in [-0.1, -0.05) is 13.0 Å². The molecule has 0 radical (unpaired) electrons. The third-order valence-electron chi connectivity index (χ3n) is 4.73. The Morgan fingerprint density at radius 3 is 2.33 bits per heavy atom. The molecule has 8 heteroatoms. The van der Waals surface area contributed by atoms with Crippen LogP contribution in [0.5, 0.6) is 0 Å². The van der Waals surface area contributed by atoms with Gasteiger partial charge in [-0.3, -0.25) is 0 Å². The van der Waals surface area contributed by atoms with Gasteiger partial charge in [0.05, 0.1) is 0 Å². The molecule has 3 heterocycles. The summed E-state index contributed by atoms with van der Waals surface area (Å²) in [4.78, 5) is 25.2. The molecule has 0 unspecified atom stereocenters. The van der Waals surface area contributed by atoms with E-state index in [0.29, 0.717) is 5.95 Å². The molecule has 0 saturated carbocycles. The summed E-state index contributed by atoms with van der Waals surface area (Å²) in [6, 6.07) is 6.04. The first-order valence-electron chi connectivity index (χ1n) is 9.91. The Morgan fingerprint density at radius 2 is 1.70 bits per heavy atom. The minimum absolute atomic E-state index is 0.663. The van der Waals surface area contributed by atoms with Crippen molar-refractivity contribution in [2.45, 2.75) is 27.2 Å². The van der Waals surface area contributed by atoms with Gasteiger partial charge in [0.1, 0.15) is 5.82 Å². The molecule has 146 valence electrons. The number of hydrogen-bond donors (Lipinski definition) is 1. The molecule has 0 aliphatic carbocycles. The number of nitrogens with zero attached hydrogens (tertiary/aromatic N) is 7. The maximum Gasteiger partial charge on any atom is 0.232 e. The highest BCUT2D eigenvalue weighted by Gasteiger charge is 2.22. The summed E-state index contributed by atoms with van der Waals surface area (Å²) in [5.74, 6) is 3.19. The van der Waals surface area contributed by atoms with Crippen LogP contribution in [0.4, 0.5) is 23.7 Å². The zero-order valence-electron chi connectivity index (χ0n) is 16.6. The van der Waals surface area contributed by atoms with Gasteiger partial charge in [-0.05, 0) is 32.4 Å². The molecule has 0 bridgehead atoms. The zero-order valence-corrected chi connectivity index (χ0v) is 16.6. The monoisotopic (exact) mass is 370 g/mol. The quantitative estimate of drug-likeness (QED) is 0.759. The predicted octanol–water partition coefficient (Wildman–Crippen LogP) is 2.26. The van der Waals surface area contributed by atoms with E-state index in [1.807, 2.05) is 18.3 Å². The van der Waals surface area contributed by atoms with Crippen LogP contribution >= 0.6 is 0 Å². The second kappa shape index (κ2) is 9.34. The van der Waals surface area contributed by atoms with Crippen LogP contribution in [0, 0.1) is 0 Å². The van der Waals surface area contributed by atoms with Crippen LogP contribution in [0.2, 0.25) is 0 Å². The van der Waals surface area contributed by atoms with Crippen molar-refractivity contribution in [3.8, 4) is 0 Å². The smallest absolute Gasteiger partial charge is 0.232 e. The molecule has 2 aromatic heterocycles.